The second-order valence-electron chi connectivity index (χ2n) is 7.72. The van der Waals surface area contributed by atoms with Crippen molar-refractivity contribution in [2.75, 3.05) is 13.6 Å². The molecule has 3 aliphatic rings. The van der Waals surface area contributed by atoms with Crippen LogP contribution in [-0.4, -0.2) is 35.2 Å². The predicted octanol–water partition coefficient (Wildman–Crippen LogP) is 2.88. The Kier molecular flexibility index (Phi) is 3.35. The lowest BCUT2D eigenvalue weighted by atomic mass is 9.82. The molecule has 2 fully saturated rings. The van der Waals surface area contributed by atoms with Gasteiger partial charge in [-0.05, 0) is 35.6 Å². The fourth-order valence-electron chi connectivity index (χ4n) is 5.35. The van der Waals surface area contributed by atoms with E-state index in [0.717, 1.165) is 13.0 Å². The maximum Gasteiger partial charge on any atom is 0.234 e. The van der Waals surface area contributed by atoms with Crippen LogP contribution < -0.4 is 0 Å². The number of hydrogen-bond donors (Lipinski definition) is 0. The Hall–Kier alpha value is -2.46. The van der Waals surface area contributed by atoms with Crippen LogP contribution in [0.25, 0.3) is 0 Å². The van der Waals surface area contributed by atoms with Crippen LogP contribution in [0.15, 0.2) is 48.5 Å². The summed E-state index contributed by atoms with van der Waals surface area (Å²) >= 11 is 0. The lowest BCUT2D eigenvalue weighted by Crippen LogP contribution is -2.40. The highest BCUT2D eigenvalue weighted by atomic mass is 16.2. The summed E-state index contributed by atoms with van der Waals surface area (Å²) in [5.41, 5.74) is 4.90. The third kappa shape index (κ3) is 1.93. The fraction of sp³-hybridized carbons (Fsp3) is 0.364. The molecular formula is C22H22N2O2. The zero-order valence-electron chi connectivity index (χ0n) is 15.1. The van der Waals surface area contributed by atoms with Crippen molar-refractivity contribution in [3.63, 3.8) is 0 Å². The maximum atomic E-state index is 13.0. The van der Waals surface area contributed by atoms with E-state index in [-0.39, 0.29) is 35.7 Å². The highest BCUT2D eigenvalue weighted by Crippen LogP contribution is 2.57. The largest absolute Gasteiger partial charge is 0.287 e. The number of likely N-dealkylation sites (tertiary alicyclic amines) is 1. The summed E-state index contributed by atoms with van der Waals surface area (Å²) in [5, 5.41) is 0. The van der Waals surface area contributed by atoms with Gasteiger partial charge in [0, 0.05) is 25.7 Å². The van der Waals surface area contributed by atoms with Gasteiger partial charge in [0.2, 0.25) is 11.8 Å². The lowest BCUT2D eigenvalue weighted by Gasteiger charge is -2.38. The predicted molar refractivity (Wildman–Crippen MR) is 98.3 cm³/mol. The second kappa shape index (κ2) is 5.52. The van der Waals surface area contributed by atoms with Gasteiger partial charge in [0.05, 0.1) is 11.8 Å². The molecule has 0 unspecified atom stereocenters. The minimum Gasteiger partial charge on any atom is -0.287 e. The molecule has 3 heterocycles. The number of amides is 2. The van der Waals surface area contributed by atoms with E-state index in [0.29, 0.717) is 0 Å². The molecular weight excluding hydrogens is 324 g/mol. The number of fused-ring (bicyclic) bond motifs is 5. The molecule has 2 saturated heterocycles. The van der Waals surface area contributed by atoms with Gasteiger partial charge in [-0.1, -0.05) is 48.5 Å². The standard InChI is InChI=1S/C22H22N2O2/c1-13-7-3-5-9-15(13)19-17-18(22(26)23(2)21(17)25)20-16-10-6-4-8-14(16)11-12-24(19)20/h3-10,17-20H,11-12H2,1-2H3/t17-,18+,19-,20+/m1/s1. The second-order valence-corrected chi connectivity index (χ2v) is 7.72. The summed E-state index contributed by atoms with van der Waals surface area (Å²) in [6.07, 6.45) is 0.965. The van der Waals surface area contributed by atoms with Gasteiger partial charge in [0.1, 0.15) is 0 Å². The van der Waals surface area contributed by atoms with Gasteiger partial charge in [-0.2, -0.15) is 0 Å². The van der Waals surface area contributed by atoms with Crippen LogP contribution in [0.3, 0.4) is 0 Å². The Morgan fingerprint density at radius 3 is 2.12 bits per heavy atom. The van der Waals surface area contributed by atoms with Crippen molar-refractivity contribution in [2.45, 2.75) is 25.4 Å². The van der Waals surface area contributed by atoms with Crippen molar-refractivity contribution in [3.8, 4) is 0 Å². The Morgan fingerprint density at radius 1 is 0.846 bits per heavy atom. The average molecular weight is 346 g/mol. The van der Waals surface area contributed by atoms with Crippen molar-refractivity contribution in [3.05, 3.63) is 70.8 Å². The van der Waals surface area contributed by atoms with E-state index in [4.69, 9.17) is 0 Å². The molecule has 2 aromatic carbocycles. The van der Waals surface area contributed by atoms with E-state index >= 15 is 0 Å². The monoisotopic (exact) mass is 346 g/mol. The van der Waals surface area contributed by atoms with Gasteiger partial charge in [-0.25, -0.2) is 0 Å². The van der Waals surface area contributed by atoms with Crippen molar-refractivity contribution in [2.24, 2.45) is 11.8 Å². The Labute approximate surface area is 153 Å². The number of carbonyl (C=O) groups excluding carboxylic acids is 2. The highest BCUT2D eigenvalue weighted by Gasteiger charge is 2.62. The van der Waals surface area contributed by atoms with Crippen LogP contribution >= 0.6 is 0 Å². The van der Waals surface area contributed by atoms with Crippen molar-refractivity contribution in [1.29, 1.82) is 0 Å². The molecule has 2 aromatic rings. The van der Waals surface area contributed by atoms with Gasteiger partial charge in [0.15, 0.2) is 0 Å². The number of imide groups is 1. The quantitative estimate of drug-likeness (QED) is 0.746. The fourth-order valence-corrected chi connectivity index (χ4v) is 5.35. The normalized spacial score (nSPS) is 30.3. The van der Waals surface area contributed by atoms with Gasteiger partial charge < -0.3 is 0 Å². The van der Waals surface area contributed by atoms with Gasteiger partial charge >= 0.3 is 0 Å². The van der Waals surface area contributed by atoms with E-state index in [9.17, 15) is 9.59 Å². The third-order valence-corrected chi connectivity index (χ3v) is 6.53. The number of benzene rings is 2. The van der Waals surface area contributed by atoms with Crippen molar-refractivity contribution in [1.82, 2.24) is 9.80 Å². The first kappa shape index (κ1) is 15.8. The molecule has 26 heavy (non-hydrogen) atoms. The van der Waals surface area contributed by atoms with E-state index in [1.54, 1.807) is 7.05 Å². The van der Waals surface area contributed by atoms with Gasteiger partial charge in [-0.15, -0.1) is 0 Å². The number of carbonyl (C=O) groups is 2. The highest BCUT2D eigenvalue weighted by molar-refractivity contribution is 6.06. The lowest BCUT2D eigenvalue weighted by molar-refractivity contribution is -0.140. The SMILES string of the molecule is Cc1ccccc1[C@@H]1[C@@H]2C(=O)N(C)C(=O)[C@@H]2[C@@H]2c3ccccc3CCN12. The van der Waals surface area contributed by atoms with Crippen LogP contribution in [0.1, 0.15) is 34.3 Å². The summed E-state index contributed by atoms with van der Waals surface area (Å²) < 4.78 is 0. The summed E-state index contributed by atoms with van der Waals surface area (Å²) in [7, 11) is 1.64. The molecule has 0 bridgehead atoms. The van der Waals surface area contributed by atoms with Crippen LogP contribution in [0.5, 0.6) is 0 Å². The van der Waals surface area contributed by atoms with E-state index in [2.05, 4.69) is 42.2 Å². The Bertz CT molecular complexity index is 922. The van der Waals surface area contributed by atoms with Gasteiger partial charge in [0.25, 0.3) is 0 Å². The van der Waals surface area contributed by atoms with Crippen LogP contribution in [0.2, 0.25) is 0 Å². The summed E-state index contributed by atoms with van der Waals surface area (Å²) in [5.74, 6) is -0.619. The topological polar surface area (TPSA) is 40.6 Å². The van der Waals surface area contributed by atoms with E-state index < -0.39 is 0 Å². The van der Waals surface area contributed by atoms with Gasteiger partial charge in [-0.3, -0.25) is 19.4 Å². The molecule has 5 rings (SSSR count). The molecule has 4 nitrogen and oxygen atoms in total. The zero-order valence-corrected chi connectivity index (χ0v) is 15.1. The Balaban J connectivity index is 1.72. The third-order valence-electron chi connectivity index (χ3n) is 6.53. The number of aryl methyl sites for hydroxylation is 1. The molecule has 0 N–H and O–H groups in total. The van der Waals surface area contributed by atoms with Crippen LogP contribution in [0, 0.1) is 18.8 Å². The minimum atomic E-state index is -0.287. The summed E-state index contributed by atoms with van der Waals surface area (Å²) in [4.78, 5) is 29.8. The first-order valence-corrected chi connectivity index (χ1v) is 9.30. The van der Waals surface area contributed by atoms with Crippen molar-refractivity contribution < 1.29 is 9.59 Å². The Morgan fingerprint density at radius 2 is 1.42 bits per heavy atom. The molecule has 0 saturated carbocycles. The van der Waals surface area contributed by atoms with Crippen molar-refractivity contribution >= 4 is 11.8 Å². The first-order chi connectivity index (χ1) is 12.6. The van der Waals surface area contributed by atoms with E-state index in [1.165, 1.54) is 27.2 Å². The average Bonchev–Trinajstić information content (AvgIpc) is 3.11. The van der Waals surface area contributed by atoms with Crippen LogP contribution in [-0.2, 0) is 16.0 Å². The molecule has 4 atom stereocenters. The maximum absolute atomic E-state index is 13.0. The zero-order chi connectivity index (χ0) is 18.0. The molecule has 2 amide bonds. The number of hydrogen-bond acceptors (Lipinski definition) is 3. The molecule has 0 aliphatic carbocycles. The minimum absolute atomic E-state index is 0.00374. The number of nitrogens with zero attached hydrogens (tertiary/aromatic N) is 2. The summed E-state index contributed by atoms with van der Waals surface area (Å²) in [6, 6.07) is 16.7. The summed E-state index contributed by atoms with van der Waals surface area (Å²) in [6.45, 7) is 2.98. The molecule has 0 aromatic heterocycles. The molecule has 132 valence electrons. The number of rotatable bonds is 1. The first-order valence-electron chi connectivity index (χ1n) is 9.30. The molecule has 0 radical (unpaired) electrons. The molecule has 4 heteroatoms. The smallest absolute Gasteiger partial charge is 0.234 e. The van der Waals surface area contributed by atoms with Crippen LogP contribution in [0.4, 0.5) is 0 Å². The molecule has 0 spiro atoms. The van der Waals surface area contributed by atoms with E-state index in [1.807, 2.05) is 18.2 Å². The molecule has 3 aliphatic heterocycles.